The Morgan fingerprint density at radius 1 is 1.30 bits per heavy atom. The van der Waals surface area contributed by atoms with Crippen LogP contribution in [0.2, 0.25) is 0 Å². The van der Waals surface area contributed by atoms with Crippen molar-refractivity contribution in [2.45, 2.75) is 44.7 Å². The van der Waals surface area contributed by atoms with Gasteiger partial charge in [0.25, 0.3) is 0 Å². The Kier molecular flexibility index (Phi) is 6.51. The Hall–Kier alpha value is -0.560. The summed E-state index contributed by atoms with van der Waals surface area (Å²) in [5, 5.41) is 0. The van der Waals surface area contributed by atoms with E-state index in [0.717, 1.165) is 28.9 Å². The highest BCUT2D eigenvalue weighted by Gasteiger charge is 2.21. The molecule has 0 aliphatic carbocycles. The molecule has 4 nitrogen and oxygen atoms in total. The summed E-state index contributed by atoms with van der Waals surface area (Å²) < 4.78 is 27.8. The lowest BCUT2D eigenvalue weighted by Crippen LogP contribution is -2.36. The molecule has 0 bridgehead atoms. The Morgan fingerprint density at radius 2 is 1.95 bits per heavy atom. The third kappa shape index (κ3) is 4.22. The molecule has 0 radical (unpaired) electrons. The lowest BCUT2D eigenvalue weighted by Gasteiger charge is -2.18. The Balaban J connectivity index is 3.15. The number of nitrogens with two attached hydrogens (primary N) is 1. The highest BCUT2D eigenvalue weighted by Crippen LogP contribution is 2.21. The molecular formula is C14H24N2O2S2. The normalized spacial score (nSPS) is 13.4. The van der Waals surface area contributed by atoms with E-state index < -0.39 is 10.0 Å². The van der Waals surface area contributed by atoms with Gasteiger partial charge >= 0.3 is 0 Å². The summed E-state index contributed by atoms with van der Waals surface area (Å²) >= 11 is 1.64. The largest absolute Gasteiger partial charge is 0.326 e. The van der Waals surface area contributed by atoms with Crippen molar-refractivity contribution in [3.05, 3.63) is 28.8 Å². The fourth-order valence-electron chi connectivity index (χ4n) is 2.10. The average Bonchev–Trinajstić information content (AvgIpc) is 2.37. The minimum atomic E-state index is -3.49. The number of hydrogen-bond acceptors (Lipinski definition) is 4. The van der Waals surface area contributed by atoms with Gasteiger partial charge < -0.3 is 5.73 Å². The summed E-state index contributed by atoms with van der Waals surface area (Å²) in [5.41, 5.74) is 8.32. The molecule has 114 valence electrons. The molecular weight excluding hydrogens is 292 g/mol. The molecule has 1 atom stereocenters. The van der Waals surface area contributed by atoms with Gasteiger partial charge in [-0.05, 0) is 49.3 Å². The SMILES string of the molecule is CCC(CSC)NS(=O)(=O)c1cc(CN)c(C)cc1C. The van der Waals surface area contributed by atoms with E-state index in [1.165, 1.54) is 0 Å². The van der Waals surface area contributed by atoms with Crippen LogP contribution in [0.1, 0.15) is 30.0 Å². The number of sulfonamides is 1. The molecule has 0 heterocycles. The molecule has 1 unspecified atom stereocenters. The topological polar surface area (TPSA) is 72.2 Å². The monoisotopic (exact) mass is 316 g/mol. The van der Waals surface area contributed by atoms with Crippen LogP contribution in [0.5, 0.6) is 0 Å². The van der Waals surface area contributed by atoms with Crippen LogP contribution in [0.3, 0.4) is 0 Å². The first-order valence-electron chi connectivity index (χ1n) is 6.67. The van der Waals surface area contributed by atoms with E-state index >= 15 is 0 Å². The predicted molar refractivity (Wildman–Crippen MR) is 86.6 cm³/mol. The van der Waals surface area contributed by atoms with E-state index in [1.807, 2.05) is 33.1 Å². The summed E-state index contributed by atoms with van der Waals surface area (Å²) in [4.78, 5) is 0.336. The Bertz CT molecular complexity index is 557. The predicted octanol–water partition coefficient (Wildman–Crippen LogP) is 2.18. The minimum absolute atomic E-state index is 0.0444. The molecule has 0 spiro atoms. The molecule has 0 saturated carbocycles. The molecule has 0 aliphatic heterocycles. The smallest absolute Gasteiger partial charge is 0.241 e. The lowest BCUT2D eigenvalue weighted by molar-refractivity contribution is 0.557. The molecule has 0 amide bonds. The van der Waals surface area contributed by atoms with E-state index in [2.05, 4.69) is 4.72 Å². The van der Waals surface area contributed by atoms with Crippen molar-refractivity contribution in [2.24, 2.45) is 5.73 Å². The van der Waals surface area contributed by atoms with Gasteiger partial charge in [-0.3, -0.25) is 0 Å². The Labute approximate surface area is 126 Å². The Morgan fingerprint density at radius 3 is 2.45 bits per heavy atom. The highest BCUT2D eigenvalue weighted by molar-refractivity contribution is 7.98. The van der Waals surface area contributed by atoms with E-state index in [-0.39, 0.29) is 6.04 Å². The van der Waals surface area contributed by atoms with Gasteiger partial charge in [0.05, 0.1) is 4.90 Å². The van der Waals surface area contributed by atoms with Crippen molar-refractivity contribution in [1.29, 1.82) is 0 Å². The van der Waals surface area contributed by atoms with E-state index in [1.54, 1.807) is 17.8 Å². The van der Waals surface area contributed by atoms with Crippen LogP contribution in [0.25, 0.3) is 0 Å². The van der Waals surface area contributed by atoms with Crippen molar-refractivity contribution in [1.82, 2.24) is 4.72 Å². The van der Waals surface area contributed by atoms with E-state index in [9.17, 15) is 8.42 Å². The van der Waals surface area contributed by atoms with Gasteiger partial charge in [-0.2, -0.15) is 11.8 Å². The van der Waals surface area contributed by atoms with Crippen molar-refractivity contribution < 1.29 is 8.42 Å². The van der Waals surface area contributed by atoms with Gasteiger partial charge in [-0.1, -0.05) is 13.0 Å². The number of rotatable bonds is 7. The van der Waals surface area contributed by atoms with Crippen LogP contribution in [-0.2, 0) is 16.6 Å². The van der Waals surface area contributed by atoms with Crippen LogP contribution < -0.4 is 10.5 Å². The maximum atomic E-state index is 12.5. The highest BCUT2D eigenvalue weighted by atomic mass is 32.2. The van der Waals surface area contributed by atoms with Gasteiger partial charge in [0.2, 0.25) is 10.0 Å². The fraction of sp³-hybridized carbons (Fsp3) is 0.571. The van der Waals surface area contributed by atoms with Crippen LogP contribution in [0.15, 0.2) is 17.0 Å². The van der Waals surface area contributed by atoms with E-state index in [0.29, 0.717) is 11.4 Å². The number of nitrogens with one attached hydrogen (secondary N) is 1. The first-order chi connectivity index (χ1) is 9.35. The van der Waals surface area contributed by atoms with Gasteiger partial charge in [0.15, 0.2) is 0 Å². The third-order valence-electron chi connectivity index (χ3n) is 3.33. The molecule has 6 heteroatoms. The minimum Gasteiger partial charge on any atom is -0.326 e. The van der Waals surface area contributed by atoms with Gasteiger partial charge in [0, 0.05) is 18.3 Å². The molecule has 0 saturated heterocycles. The number of aryl methyl sites for hydroxylation is 2. The molecule has 1 aromatic carbocycles. The number of hydrogen-bond donors (Lipinski definition) is 2. The zero-order valence-corrected chi connectivity index (χ0v) is 14.2. The number of thioether (sulfide) groups is 1. The standard InChI is InChI=1S/C14H24N2O2S2/c1-5-13(9-19-4)16-20(17,18)14-7-12(8-15)10(2)6-11(14)3/h6-7,13,16H,5,8-9,15H2,1-4H3. The zero-order valence-electron chi connectivity index (χ0n) is 12.6. The fourth-order valence-corrected chi connectivity index (χ4v) is 4.53. The molecule has 0 aromatic heterocycles. The molecule has 1 rings (SSSR count). The summed E-state index contributed by atoms with van der Waals surface area (Å²) in [7, 11) is -3.49. The summed E-state index contributed by atoms with van der Waals surface area (Å²) in [6.45, 7) is 6.09. The van der Waals surface area contributed by atoms with Crippen LogP contribution in [-0.4, -0.2) is 26.5 Å². The van der Waals surface area contributed by atoms with Crippen molar-refractivity contribution >= 4 is 21.8 Å². The van der Waals surface area contributed by atoms with Crippen molar-refractivity contribution in [3.63, 3.8) is 0 Å². The maximum Gasteiger partial charge on any atom is 0.241 e. The molecule has 1 aromatic rings. The third-order valence-corrected chi connectivity index (χ3v) is 5.72. The number of benzene rings is 1. The molecule has 20 heavy (non-hydrogen) atoms. The first-order valence-corrected chi connectivity index (χ1v) is 9.54. The van der Waals surface area contributed by atoms with Crippen LogP contribution >= 0.6 is 11.8 Å². The van der Waals surface area contributed by atoms with Gasteiger partial charge in [-0.15, -0.1) is 0 Å². The van der Waals surface area contributed by atoms with Gasteiger partial charge in [-0.25, -0.2) is 13.1 Å². The summed E-state index contributed by atoms with van der Waals surface area (Å²) in [6.07, 6.45) is 2.75. The van der Waals surface area contributed by atoms with Crippen LogP contribution in [0, 0.1) is 13.8 Å². The molecule has 3 N–H and O–H groups in total. The second-order valence-electron chi connectivity index (χ2n) is 4.93. The maximum absolute atomic E-state index is 12.5. The average molecular weight is 316 g/mol. The lowest BCUT2D eigenvalue weighted by atomic mass is 10.1. The van der Waals surface area contributed by atoms with Crippen molar-refractivity contribution in [3.8, 4) is 0 Å². The van der Waals surface area contributed by atoms with E-state index in [4.69, 9.17) is 5.73 Å². The molecule has 0 aliphatic rings. The second-order valence-corrected chi connectivity index (χ2v) is 7.52. The summed E-state index contributed by atoms with van der Waals surface area (Å²) in [6, 6.07) is 3.53. The zero-order chi connectivity index (χ0) is 15.3. The second kappa shape index (κ2) is 7.45. The van der Waals surface area contributed by atoms with Crippen LogP contribution in [0.4, 0.5) is 0 Å². The quantitative estimate of drug-likeness (QED) is 0.809. The van der Waals surface area contributed by atoms with Crippen molar-refractivity contribution in [2.75, 3.05) is 12.0 Å². The van der Waals surface area contributed by atoms with Gasteiger partial charge in [0.1, 0.15) is 0 Å². The molecule has 0 fully saturated rings. The summed E-state index contributed by atoms with van der Waals surface area (Å²) in [5.74, 6) is 0.768. The first kappa shape index (κ1) is 17.5.